The molecule has 1 amide bonds. The number of hydrogen-bond acceptors (Lipinski definition) is 3. The topological polar surface area (TPSA) is 35.6 Å². The smallest absolute Gasteiger partial charge is 0.236 e. The highest BCUT2D eigenvalue weighted by molar-refractivity contribution is 5.78. The van der Waals surface area contributed by atoms with Crippen LogP contribution in [-0.4, -0.2) is 60.5 Å². The van der Waals surface area contributed by atoms with E-state index in [1.165, 1.54) is 25.7 Å². The molecule has 0 aromatic carbocycles. The number of hydrogen-bond donors (Lipinski definition) is 1. The van der Waals surface area contributed by atoms with Crippen molar-refractivity contribution < 1.29 is 4.79 Å². The molecule has 116 valence electrons. The van der Waals surface area contributed by atoms with E-state index in [1.54, 1.807) is 0 Å². The SMILES string of the molecule is CCCN(CCC)C(=O)CN1CCCC1C1CCCN1. The molecule has 2 fully saturated rings. The summed E-state index contributed by atoms with van der Waals surface area (Å²) < 4.78 is 0. The van der Waals surface area contributed by atoms with Gasteiger partial charge in [0.2, 0.25) is 5.91 Å². The van der Waals surface area contributed by atoms with E-state index < -0.39 is 0 Å². The molecule has 0 radical (unpaired) electrons. The minimum atomic E-state index is 0.332. The monoisotopic (exact) mass is 281 g/mol. The predicted octanol–water partition coefficient (Wildman–Crippen LogP) is 1.85. The number of nitrogens with one attached hydrogen (secondary N) is 1. The van der Waals surface area contributed by atoms with Gasteiger partial charge in [0.25, 0.3) is 0 Å². The molecule has 2 aliphatic rings. The lowest BCUT2D eigenvalue weighted by atomic mass is 10.0. The third-order valence-electron chi connectivity index (χ3n) is 4.66. The average molecular weight is 281 g/mol. The number of carbonyl (C=O) groups excluding carboxylic acids is 1. The van der Waals surface area contributed by atoms with Gasteiger partial charge in [0.15, 0.2) is 0 Å². The number of likely N-dealkylation sites (tertiary alicyclic amines) is 1. The molecule has 2 saturated heterocycles. The lowest BCUT2D eigenvalue weighted by molar-refractivity contribution is -0.132. The molecule has 2 atom stereocenters. The van der Waals surface area contributed by atoms with Crippen molar-refractivity contribution in [2.75, 3.05) is 32.7 Å². The van der Waals surface area contributed by atoms with E-state index in [2.05, 4.69) is 29.0 Å². The molecule has 2 heterocycles. The first-order valence-electron chi connectivity index (χ1n) is 8.51. The molecule has 0 spiro atoms. The lowest BCUT2D eigenvalue weighted by Crippen LogP contribution is -2.48. The Morgan fingerprint density at radius 2 is 1.95 bits per heavy atom. The second kappa shape index (κ2) is 7.99. The Balaban J connectivity index is 1.87. The molecule has 2 rings (SSSR count). The van der Waals surface area contributed by atoms with Crippen LogP contribution >= 0.6 is 0 Å². The second-order valence-electron chi connectivity index (χ2n) is 6.26. The average Bonchev–Trinajstić information content (AvgIpc) is 3.08. The van der Waals surface area contributed by atoms with Gasteiger partial charge in [-0.2, -0.15) is 0 Å². The summed E-state index contributed by atoms with van der Waals surface area (Å²) in [6.07, 6.45) is 7.19. The van der Waals surface area contributed by atoms with Crippen molar-refractivity contribution in [1.29, 1.82) is 0 Å². The fourth-order valence-corrected chi connectivity index (χ4v) is 3.72. The van der Waals surface area contributed by atoms with E-state index in [9.17, 15) is 4.79 Å². The van der Waals surface area contributed by atoms with Crippen LogP contribution in [0.15, 0.2) is 0 Å². The van der Waals surface area contributed by atoms with Crippen LogP contribution in [0.3, 0.4) is 0 Å². The van der Waals surface area contributed by atoms with Gasteiger partial charge in [-0.1, -0.05) is 13.8 Å². The highest BCUT2D eigenvalue weighted by atomic mass is 16.2. The zero-order valence-electron chi connectivity index (χ0n) is 13.2. The van der Waals surface area contributed by atoms with Crippen LogP contribution in [0.1, 0.15) is 52.4 Å². The highest BCUT2D eigenvalue weighted by Crippen LogP contribution is 2.24. The highest BCUT2D eigenvalue weighted by Gasteiger charge is 2.34. The third kappa shape index (κ3) is 3.95. The standard InChI is InChI=1S/C16H31N3O/c1-3-10-18(11-4-2)16(20)13-19-12-6-8-15(19)14-7-5-9-17-14/h14-15,17H,3-13H2,1-2H3. The molecule has 2 unspecified atom stereocenters. The number of amides is 1. The van der Waals surface area contributed by atoms with Crippen molar-refractivity contribution >= 4 is 5.91 Å². The Hall–Kier alpha value is -0.610. The van der Waals surface area contributed by atoms with Crippen LogP contribution < -0.4 is 5.32 Å². The van der Waals surface area contributed by atoms with Gasteiger partial charge in [0.05, 0.1) is 6.54 Å². The maximum Gasteiger partial charge on any atom is 0.236 e. The summed E-state index contributed by atoms with van der Waals surface area (Å²) in [7, 11) is 0. The van der Waals surface area contributed by atoms with Gasteiger partial charge in [-0.05, 0) is 51.6 Å². The minimum Gasteiger partial charge on any atom is -0.342 e. The fraction of sp³-hybridized carbons (Fsp3) is 0.938. The van der Waals surface area contributed by atoms with Crippen LogP contribution in [0.25, 0.3) is 0 Å². The van der Waals surface area contributed by atoms with Crippen LogP contribution in [0, 0.1) is 0 Å². The van der Waals surface area contributed by atoms with E-state index in [0.29, 0.717) is 24.5 Å². The predicted molar refractivity (Wildman–Crippen MR) is 82.8 cm³/mol. The molecule has 20 heavy (non-hydrogen) atoms. The van der Waals surface area contributed by atoms with Crippen molar-refractivity contribution in [2.45, 2.75) is 64.5 Å². The van der Waals surface area contributed by atoms with Gasteiger partial charge in [0.1, 0.15) is 0 Å². The minimum absolute atomic E-state index is 0.332. The van der Waals surface area contributed by atoms with E-state index >= 15 is 0 Å². The van der Waals surface area contributed by atoms with Crippen molar-refractivity contribution in [1.82, 2.24) is 15.1 Å². The van der Waals surface area contributed by atoms with Gasteiger partial charge in [-0.15, -0.1) is 0 Å². The molecule has 0 bridgehead atoms. The summed E-state index contributed by atoms with van der Waals surface area (Å²) in [5.41, 5.74) is 0. The van der Waals surface area contributed by atoms with Gasteiger partial charge in [-0.3, -0.25) is 9.69 Å². The Labute approximate surface area is 123 Å². The van der Waals surface area contributed by atoms with Gasteiger partial charge >= 0.3 is 0 Å². The van der Waals surface area contributed by atoms with Crippen molar-refractivity contribution in [3.05, 3.63) is 0 Å². The zero-order valence-corrected chi connectivity index (χ0v) is 13.2. The summed E-state index contributed by atoms with van der Waals surface area (Å²) >= 11 is 0. The second-order valence-corrected chi connectivity index (χ2v) is 6.26. The van der Waals surface area contributed by atoms with E-state index in [0.717, 1.165) is 39.0 Å². The number of nitrogens with zero attached hydrogens (tertiary/aromatic N) is 2. The molecule has 1 N–H and O–H groups in total. The van der Waals surface area contributed by atoms with E-state index in [1.807, 2.05) is 0 Å². The molecule has 4 nitrogen and oxygen atoms in total. The Bertz CT molecular complexity index is 296. The molecular formula is C16H31N3O. The molecule has 0 saturated carbocycles. The first-order valence-corrected chi connectivity index (χ1v) is 8.51. The summed E-state index contributed by atoms with van der Waals surface area (Å²) in [5.74, 6) is 0.332. The molecular weight excluding hydrogens is 250 g/mol. The van der Waals surface area contributed by atoms with Gasteiger partial charge in [-0.25, -0.2) is 0 Å². The first-order chi connectivity index (χ1) is 9.76. The van der Waals surface area contributed by atoms with Crippen LogP contribution in [0.2, 0.25) is 0 Å². The van der Waals surface area contributed by atoms with Crippen molar-refractivity contribution in [2.24, 2.45) is 0 Å². The Kier molecular flexibility index (Phi) is 6.30. The van der Waals surface area contributed by atoms with Crippen LogP contribution in [0.4, 0.5) is 0 Å². The molecule has 4 heteroatoms. The molecule has 0 aromatic rings. The Morgan fingerprint density at radius 1 is 1.20 bits per heavy atom. The largest absolute Gasteiger partial charge is 0.342 e. The van der Waals surface area contributed by atoms with E-state index in [4.69, 9.17) is 0 Å². The quantitative estimate of drug-likeness (QED) is 0.773. The summed E-state index contributed by atoms with van der Waals surface area (Å²) in [4.78, 5) is 17.0. The lowest BCUT2D eigenvalue weighted by Gasteiger charge is -2.31. The van der Waals surface area contributed by atoms with Gasteiger partial charge in [0, 0.05) is 25.2 Å². The van der Waals surface area contributed by atoms with E-state index in [-0.39, 0.29) is 0 Å². The van der Waals surface area contributed by atoms with Crippen molar-refractivity contribution in [3.8, 4) is 0 Å². The maximum atomic E-state index is 12.5. The molecule has 0 aromatic heterocycles. The number of rotatable bonds is 7. The summed E-state index contributed by atoms with van der Waals surface area (Å²) in [6.45, 7) is 9.00. The summed E-state index contributed by atoms with van der Waals surface area (Å²) in [6, 6.07) is 1.21. The maximum absolute atomic E-state index is 12.5. The van der Waals surface area contributed by atoms with Crippen molar-refractivity contribution in [3.63, 3.8) is 0 Å². The molecule has 0 aliphatic carbocycles. The molecule has 2 aliphatic heterocycles. The summed E-state index contributed by atoms with van der Waals surface area (Å²) in [5, 5.41) is 3.61. The third-order valence-corrected chi connectivity index (χ3v) is 4.66. The Morgan fingerprint density at radius 3 is 2.55 bits per heavy atom. The normalized spacial score (nSPS) is 27.1. The fourth-order valence-electron chi connectivity index (χ4n) is 3.72. The van der Waals surface area contributed by atoms with Crippen LogP contribution in [-0.2, 0) is 4.79 Å². The van der Waals surface area contributed by atoms with Gasteiger partial charge < -0.3 is 10.2 Å². The zero-order chi connectivity index (χ0) is 14.4. The first kappa shape index (κ1) is 15.8. The number of carbonyl (C=O) groups is 1. The van der Waals surface area contributed by atoms with Crippen LogP contribution in [0.5, 0.6) is 0 Å².